The van der Waals surface area contributed by atoms with Crippen molar-refractivity contribution < 1.29 is 32.5 Å². The summed E-state index contributed by atoms with van der Waals surface area (Å²) in [5, 5.41) is 9.70. The molecule has 3 rings (SSSR count). The predicted octanol–water partition coefficient (Wildman–Crippen LogP) is 3.52. The summed E-state index contributed by atoms with van der Waals surface area (Å²) < 4.78 is 40.7. The van der Waals surface area contributed by atoms with Gasteiger partial charge in [-0.25, -0.2) is 13.2 Å². The molecular formula is C22H26O7S. The highest BCUT2D eigenvalue weighted by atomic mass is 32.2. The summed E-state index contributed by atoms with van der Waals surface area (Å²) in [7, 11) is -3.32. The number of rotatable bonds is 5. The molecule has 1 N–H and O–H groups in total. The molecule has 8 heteroatoms. The Morgan fingerprint density at radius 1 is 1.20 bits per heavy atom. The van der Waals surface area contributed by atoms with Crippen molar-refractivity contribution >= 4 is 15.8 Å². The van der Waals surface area contributed by atoms with Gasteiger partial charge in [-0.15, -0.1) is 0 Å². The zero-order chi connectivity index (χ0) is 22.3. The van der Waals surface area contributed by atoms with E-state index in [2.05, 4.69) is 0 Å². The van der Waals surface area contributed by atoms with E-state index < -0.39 is 27.0 Å². The largest absolute Gasteiger partial charge is 0.484 e. The van der Waals surface area contributed by atoms with Crippen LogP contribution in [0.3, 0.4) is 0 Å². The number of carbonyl (C=O) groups excluding carboxylic acids is 1. The molecule has 2 aromatic carbocycles. The van der Waals surface area contributed by atoms with Gasteiger partial charge in [0, 0.05) is 18.2 Å². The van der Waals surface area contributed by atoms with Crippen LogP contribution in [0.1, 0.15) is 43.6 Å². The molecule has 162 valence electrons. The SMILES string of the molecule is CC(C)(C)OC(=O)c1cc(Oc2ccc(S(C)(=O)=O)cc2)c2c(c1)OC(C)(CO)C2. The molecule has 0 spiro atoms. The Bertz CT molecular complexity index is 1070. The normalized spacial score (nSPS) is 18.5. The van der Waals surface area contributed by atoms with Gasteiger partial charge < -0.3 is 19.3 Å². The van der Waals surface area contributed by atoms with Crippen LogP contribution < -0.4 is 9.47 Å². The molecule has 0 saturated heterocycles. The first kappa shape index (κ1) is 22.1. The first-order valence-electron chi connectivity index (χ1n) is 9.48. The van der Waals surface area contributed by atoms with Crippen LogP contribution in [0.5, 0.6) is 17.2 Å². The fourth-order valence-corrected chi connectivity index (χ4v) is 3.71. The number of fused-ring (bicyclic) bond motifs is 1. The molecular weight excluding hydrogens is 408 g/mol. The lowest BCUT2D eigenvalue weighted by atomic mass is 9.98. The second kappa shape index (κ2) is 7.59. The van der Waals surface area contributed by atoms with Crippen molar-refractivity contribution in [2.75, 3.05) is 12.9 Å². The summed E-state index contributed by atoms with van der Waals surface area (Å²) in [6.45, 7) is 6.89. The molecule has 1 aliphatic rings. The van der Waals surface area contributed by atoms with Crippen molar-refractivity contribution in [3.63, 3.8) is 0 Å². The van der Waals surface area contributed by atoms with Crippen molar-refractivity contribution in [2.24, 2.45) is 0 Å². The third-order valence-corrected chi connectivity index (χ3v) is 5.65. The maximum atomic E-state index is 12.6. The van der Waals surface area contributed by atoms with Crippen molar-refractivity contribution in [3.05, 3.63) is 47.5 Å². The maximum Gasteiger partial charge on any atom is 0.338 e. The highest BCUT2D eigenvalue weighted by molar-refractivity contribution is 7.90. The Morgan fingerprint density at radius 3 is 2.37 bits per heavy atom. The molecule has 1 aliphatic heterocycles. The number of benzene rings is 2. The smallest absolute Gasteiger partial charge is 0.338 e. The van der Waals surface area contributed by atoms with Crippen molar-refractivity contribution in [3.8, 4) is 17.2 Å². The molecule has 7 nitrogen and oxygen atoms in total. The minimum atomic E-state index is -3.32. The first-order valence-corrected chi connectivity index (χ1v) is 11.4. The van der Waals surface area contributed by atoms with Crippen LogP contribution in [0.25, 0.3) is 0 Å². The van der Waals surface area contributed by atoms with Gasteiger partial charge in [-0.2, -0.15) is 0 Å². The summed E-state index contributed by atoms with van der Waals surface area (Å²) >= 11 is 0. The highest BCUT2D eigenvalue weighted by Crippen LogP contribution is 2.43. The number of hydrogen-bond donors (Lipinski definition) is 1. The number of sulfone groups is 1. The average molecular weight is 435 g/mol. The molecule has 1 atom stereocenters. The summed E-state index contributed by atoms with van der Waals surface area (Å²) in [5.74, 6) is 0.711. The van der Waals surface area contributed by atoms with Crippen LogP contribution >= 0.6 is 0 Å². The standard InChI is InChI=1S/C22H26O7S/c1-21(2,3)29-20(24)14-10-18(17-12-22(4,13-23)28-19(17)11-14)27-15-6-8-16(9-7-15)30(5,25)26/h6-11,23H,12-13H2,1-5H3. The molecule has 0 radical (unpaired) electrons. The van der Waals surface area contributed by atoms with Crippen LogP contribution in [0.15, 0.2) is 41.3 Å². The van der Waals surface area contributed by atoms with Crippen LogP contribution in [-0.2, 0) is 21.0 Å². The minimum Gasteiger partial charge on any atom is -0.484 e. The quantitative estimate of drug-likeness (QED) is 0.719. The Balaban J connectivity index is 1.99. The monoisotopic (exact) mass is 434 g/mol. The first-order chi connectivity index (χ1) is 13.8. The Hall–Kier alpha value is -2.58. The average Bonchev–Trinajstić information content (AvgIpc) is 2.97. The molecule has 1 unspecified atom stereocenters. The molecule has 0 aromatic heterocycles. The predicted molar refractivity (Wildman–Crippen MR) is 111 cm³/mol. The fraction of sp³-hybridized carbons (Fsp3) is 0.409. The number of hydrogen-bond acceptors (Lipinski definition) is 7. The summed E-state index contributed by atoms with van der Waals surface area (Å²) in [4.78, 5) is 12.8. The molecule has 0 bridgehead atoms. The number of carbonyl (C=O) groups is 1. The van der Waals surface area contributed by atoms with Crippen molar-refractivity contribution in [2.45, 2.75) is 50.2 Å². The Labute approximate surface area is 176 Å². The van der Waals surface area contributed by atoms with E-state index in [4.69, 9.17) is 14.2 Å². The molecule has 1 heterocycles. The van der Waals surface area contributed by atoms with Gasteiger partial charge >= 0.3 is 5.97 Å². The van der Waals surface area contributed by atoms with Gasteiger partial charge in [-0.3, -0.25) is 0 Å². The van der Waals surface area contributed by atoms with Crippen molar-refractivity contribution in [1.29, 1.82) is 0 Å². The second-order valence-corrected chi connectivity index (χ2v) is 10.7. The lowest BCUT2D eigenvalue weighted by Crippen LogP contribution is -2.34. The van der Waals surface area contributed by atoms with E-state index in [1.807, 2.05) is 0 Å². The minimum absolute atomic E-state index is 0.179. The number of aliphatic hydroxyl groups is 1. The summed E-state index contributed by atoms with van der Waals surface area (Å²) in [5.41, 5.74) is -0.522. The molecule has 0 fully saturated rings. The van der Waals surface area contributed by atoms with E-state index in [1.165, 1.54) is 12.1 Å². The van der Waals surface area contributed by atoms with Gasteiger partial charge in [0.05, 0.1) is 17.1 Å². The Kier molecular flexibility index (Phi) is 5.60. The molecule has 30 heavy (non-hydrogen) atoms. The van der Waals surface area contributed by atoms with Gasteiger partial charge in [-0.05, 0) is 64.1 Å². The van der Waals surface area contributed by atoms with E-state index in [9.17, 15) is 18.3 Å². The summed E-state index contributed by atoms with van der Waals surface area (Å²) in [6, 6.07) is 9.16. The van der Waals surface area contributed by atoms with Crippen LogP contribution in [0.2, 0.25) is 0 Å². The molecule has 0 saturated carbocycles. The van der Waals surface area contributed by atoms with E-state index in [-0.39, 0.29) is 17.1 Å². The fourth-order valence-electron chi connectivity index (χ4n) is 3.08. The molecule has 2 aromatic rings. The third kappa shape index (κ3) is 4.94. The van der Waals surface area contributed by atoms with Gasteiger partial charge in [0.15, 0.2) is 9.84 Å². The number of ether oxygens (including phenoxy) is 3. The lowest BCUT2D eigenvalue weighted by Gasteiger charge is -2.21. The van der Waals surface area contributed by atoms with E-state index in [0.29, 0.717) is 29.2 Å². The van der Waals surface area contributed by atoms with Crippen LogP contribution in [-0.4, -0.2) is 43.6 Å². The van der Waals surface area contributed by atoms with Crippen LogP contribution in [0, 0.1) is 0 Å². The maximum absolute atomic E-state index is 12.6. The van der Waals surface area contributed by atoms with Crippen molar-refractivity contribution in [1.82, 2.24) is 0 Å². The molecule has 0 amide bonds. The van der Waals surface area contributed by atoms with Gasteiger partial charge in [0.2, 0.25) is 0 Å². The summed E-state index contributed by atoms with van der Waals surface area (Å²) in [6.07, 6.45) is 1.53. The highest BCUT2D eigenvalue weighted by Gasteiger charge is 2.37. The van der Waals surface area contributed by atoms with Crippen LogP contribution in [0.4, 0.5) is 0 Å². The van der Waals surface area contributed by atoms with E-state index in [1.54, 1.807) is 52.0 Å². The lowest BCUT2D eigenvalue weighted by molar-refractivity contribution is 0.00676. The third-order valence-electron chi connectivity index (χ3n) is 4.52. The number of aliphatic hydroxyl groups excluding tert-OH is 1. The topological polar surface area (TPSA) is 99.1 Å². The molecule has 0 aliphatic carbocycles. The second-order valence-electron chi connectivity index (χ2n) is 8.69. The van der Waals surface area contributed by atoms with Gasteiger partial charge in [0.1, 0.15) is 28.5 Å². The van der Waals surface area contributed by atoms with Gasteiger partial charge in [-0.1, -0.05) is 0 Å². The van der Waals surface area contributed by atoms with E-state index in [0.717, 1.165) is 6.26 Å². The van der Waals surface area contributed by atoms with Gasteiger partial charge in [0.25, 0.3) is 0 Å². The van der Waals surface area contributed by atoms with E-state index >= 15 is 0 Å². The zero-order valence-electron chi connectivity index (χ0n) is 17.7. The zero-order valence-corrected chi connectivity index (χ0v) is 18.5. The Morgan fingerprint density at radius 2 is 1.83 bits per heavy atom. The number of esters is 1.